The first-order valence-electron chi connectivity index (χ1n) is 5.30. The van der Waals surface area contributed by atoms with Crippen LogP contribution < -0.4 is 5.73 Å². The first kappa shape index (κ1) is 14.2. The second kappa shape index (κ2) is 6.17. The predicted octanol–water partition coefficient (Wildman–Crippen LogP) is 3.52. The molecule has 0 aromatic heterocycles. The largest absolute Gasteiger partial charge is 0.462 e. The number of carbonyl (C=O) groups is 1. The van der Waals surface area contributed by atoms with Gasteiger partial charge in [-0.15, -0.1) is 0 Å². The Kier molecular flexibility index (Phi) is 5.15. The number of ether oxygens (including phenoxy) is 1. The highest BCUT2D eigenvalue weighted by Gasteiger charge is 2.16. The normalized spacial score (nSPS) is 12.2. The molecular weight excluding hydrogens is 258 g/mol. The summed E-state index contributed by atoms with van der Waals surface area (Å²) in [7, 11) is 0. The number of benzene rings is 1. The summed E-state index contributed by atoms with van der Waals surface area (Å²) >= 11 is 7.67. The van der Waals surface area contributed by atoms with E-state index in [1.807, 2.05) is 13.2 Å². The lowest BCUT2D eigenvalue weighted by molar-refractivity contribution is 0.0526. The highest BCUT2D eigenvalue weighted by molar-refractivity contribution is 7.98. The first-order valence-corrected chi connectivity index (χ1v) is 6.96. The van der Waals surface area contributed by atoms with Crippen molar-refractivity contribution in [3.8, 4) is 0 Å². The molecule has 0 fully saturated rings. The molecule has 0 aliphatic rings. The van der Waals surface area contributed by atoms with E-state index in [2.05, 4.69) is 0 Å². The maximum absolute atomic E-state index is 11.6. The van der Waals surface area contributed by atoms with Crippen molar-refractivity contribution in [2.24, 2.45) is 0 Å². The van der Waals surface area contributed by atoms with Crippen molar-refractivity contribution in [3.05, 3.63) is 28.3 Å². The van der Waals surface area contributed by atoms with E-state index in [0.29, 0.717) is 22.9 Å². The Morgan fingerprint density at radius 3 is 2.76 bits per heavy atom. The number of rotatable bonds is 4. The Balaban J connectivity index is 3.18. The molecule has 0 saturated carbocycles. The summed E-state index contributed by atoms with van der Waals surface area (Å²) in [6.45, 7) is 4.12. The molecule has 5 heteroatoms. The molecule has 1 aromatic rings. The number of anilines is 1. The van der Waals surface area contributed by atoms with Crippen molar-refractivity contribution in [3.63, 3.8) is 0 Å². The number of hydrogen-bond acceptors (Lipinski definition) is 4. The topological polar surface area (TPSA) is 52.3 Å². The Labute approximate surface area is 111 Å². The number of nitrogens with two attached hydrogens (primary N) is 1. The van der Waals surface area contributed by atoms with Crippen molar-refractivity contribution in [1.82, 2.24) is 0 Å². The minimum atomic E-state index is -0.371. The van der Waals surface area contributed by atoms with Gasteiger partial charge >= 0.3 is 5.97 Å². The summed E-state index contributed by atoms with van der Waals surface area (Å²) in [6.07, 6.45) is 1.98. The highest BCUT2D eigenvalue weighted by Crippen LogP contribution is 2.35. The summed E-state index contributed by atoms with van der Waals surface area (Å²) < 4.78 is 4.95. The number of thioether (sulfide) groups is 1. The van der Waals surface area contributed by atoms with Crippen LogP contribution in [0.2, 0.25) is 5.02 Å². The molecule has 3 nitrogen and oxygen atoms in total. The molecule has 0 spiro atoms. The van der Waals surface area contributed by atoms with Crippen molar-refractivity contribution >= 4 is 35.0 Å². The lowest BCUT2D eigenvalue weighted by Gasteiger charge is -2.14. The van der Waals surface area contributed by atoms with E-state index in [-0.39, 0.29) is 11.2 Å². The van der Waals surface area contributed by atoms with Gasteiger partial charge in [-0.05, 0) is 37.8 Å². The van der Waals surface area contributed by atoms with Crippen LogP contribution in [-0.4, -0.2) is 18.8 Å². The zero-order valence-corrected chi connectivity index (χ0v) is 11.7. The van der Waals surface area contributed by atoms with Gasteiger partial charge in [-0.1, -0.05) is 11.6 Å². The average molecular weight is 274 g/mol. The van der Waals surface area contributed by atoms with E-state index >= 15 is 0 Å². The average Bonchev–Trinajstić information content (AvgIpc) is 2.31. The maximum atomic E-state index is 11.6. The van der Waals surface area contributed by atoms with Crippen molar-refractivity contribution < 1.29 is 9.53 Å². The fourth-order valence-corrected chi connectivity index (χ4v) is 2.11. The van der Waals surface area contributed by atoms with Crippen LogP contribution in [0.15, 0.2) is 12.1 Å². The molecule has 0 heterocycles. The Morgan fingerprint density at radius 1 is 1.59 bits per heavy atom. The minimum absolute atomic E-state index is 0.182. The molecule has 1 unspecified atom stereocenters. The third kappa shape index (κ3) is 3.30. The second-order valence-electron chi connectivity index (χ2n) is 3.56. The summed E-state index contributed by atoms with van der Waals surface area (Å²) in [4.78, 5) is 11.6. The van der Waals surface area contributed by atoms with Crippen LogP contribution in [0.25, 0.3) is 0 Å². The molecule has 0 saturated heterocycles. The number of halogens is 1. The molecule has 2 N–H and O–H groups in total. The summed E-state index contributed by atoms with van der Waals surface area (Å²) in [6, 6.07) is 3.30. The molecule has 1 rings (SSSR count). The summed E-state index contributed by atoms with van der Waals surface area (Å²) in [5, 5.41) is 0.577. The lowest BCUT2D eigenvalue weighted by Crippen LogP contribution is -2.07. The molecular formula is C12H16ClNO2S. The van der Waals surface area contributed by atoms with Crippen LogP contribution in [0.4, 0.5) is 5.69 Å². The molecule has 0 amide bonds. The van der Waals surface area contributed by atoms with Crippen LogP contribution in [0.1, 0.15) is 35.0 Å². The molecule has 17 heavy (non-hydrogen) atoms. The smallest absolute Gasteiger partial charge is 0.338 e. The third-order valence-electron chi connectivity index (χ3n) is 2.46. The zero-order valence-electron chi connectivity index (χ0n) is 10.1. The van der Waals surface area contributed by atoms with E-state index in [0.717, 1.165) is 5.56 Å². The Bertz CT molecular complexity index is 423. The standard InChI is InChI=1S/C12H16ClNO2S/c1-4-16-12(15)8-5-9(7(2)17-3)11(14)10(13)6-8/h5-7H,4,14H2,1-3H3. The highest BCUT2D eigenvalue weighted by atomic mass is 35.5. The van der Waals surface area contributed by atoms with Crippen LogP contribution in [-0.2, 0) is 4.74 Å². The van der Waals surface area contributed by atoms with Gasteiger partial charge in [0, 0.05) is 5.25 Å². The zero-order chi connectivity index (χ0) is 13.0. The van der Waals surface area contributed by atoms with Gasteiger partial charge in [-0.2, -0.15) is 11.8 Å². The van der Waals surface area contributed by atoms with Crippen molar-refractivity contribution in [2.45, 2.75) is 19.1 Å². The van der Waals surface area contributed by atoms with E-state index in [4.69, 9.17) is 22.1 Å². The van der Waals surface area contributed by atoms with Gasteiger partial charge < -0.3 is 10.5 Å². The monoisotopic (exact) mass is 273 g/mol. The number of hydrogen-bond donors (Lipinski definition) is 1. The molecule has 0 aliphatic heterocycles. The quantitative estimate of drug-likeness (QED) is 0.674. The van der Waals surface area contributed by atoms with Gasteiger partial charge in [-0.25, -0.2) is 4.79 Å². The van der Waals surface area contributed by atoms with Crippen molar-refractivity contribution in [2.75, 3.05) is 18.6 Å². The van der Waals surface area contributed by atoms with E-state index in [1.165, 1.54) is 0 Å². The Morgan fingerprint density at radius 2 is 2.24 bits per heavy atom. The van der Waals surface area contributed by atoms with E-state index in [1.54, 1.807) is 30.8 Å². The van der Waals surface area contributed by atoms with Crippen LogP contribution in [0.3, 0.4) is 0 Å². The molecule has 1 atom stereocenters. The van der Waals surface area contributed by atoms with Gasteiger partial charge in [0.1, 0.15) is 0 Å². The summed E-state index contributed by atoms with van der Waals surface area (Å²) in [5.41, 5.74) is 7.75. The molecule has 0 aliphatic carbocycles. The molecule has 94 valence electrons. The number of esters is 1. The molecule has 0 radical (unpaired) electrons. The fraction of sp³-hybridized carbons (Fsp3) is 0.417. The molecule has 0 bridgehead atoms. The van der Waals surface area contributed by atoms with Gasteiger partial charge in [0.15, 0.2) is 0 Å². The van der Waals surface area contributed by atoms with Crippen molar-refractivity contribution in [1.29, 1.82) is 0 Å². The second-order valence-corrected chi connectivity index (χ2v) is 5.15. The van der Waals surface area contributed by atoms with Crippen LogP contribution >= 0.6 is 23.4 Å². The first-order chi connectivity index (χ1) is 8.01. The van der Waals surface area contributed by atoms with Gasteiger partial charge in [0.05, 0.1) is 22.9 Å². The van der Waals surface area contributed by atoms with Gasteiger partial charge in [0.25, 0.3) is 0 Å². The van der Waals surface area contributed by atoms with Gasteiger partial charge in [0.2, 0.25) is 0 Å². The maximum Gasteiger partial charge on any atom is 0.338 e. The SMILES string of the molecule is CCOC(=O)c1cc(Cl)c(N)c(C(C)SC)c1. The molecule has 1 aromatic carbocycles. The van der Waals surface area contributed by atoms with Crippen LogP contribution in [0.5, 0.6) is 0 Å². The predicted molar refractivity (Wildman–Crippen MR) is 73.8 cm³/mol. The van der Waals surface area contributed by atoms with E-state index in [9.17, 15) is 4.79 Å². The fourth-order valence-electron chi connectivity index (χ4n) is 1.43. The van der Waals surface area contributed by atoms with Gasteiger partial charge in [-0.3, -0.25) is 0 Å². The lowest BCUT2D eigenvalue weighted by atomic mass is 10.1. The Hall–Kier alpha value is -0.870. The van der Waals surface area contributed by atoms with E-state index < -0.39 is 0 Å². The number of carbonyl (C=O) groups excluding carboxylic acids is 1. The minimum Gasteiger partial charge on any atom is -0.462 e. The third-order valence-corrected chi connectivity index (χ3v) is 3.74. The van der Waals surface area contributed by atoms with Crippen LogP contribution in [0, 0.1) is 0 Å². The summed E-state index contributed by atoms with van der Waals surface area (Å²) in [5.74, 6) is -0.371. The number of nitrogen functional groups attached to an aromatic ring is 1.